The van der Waals surface area contributed by atoms with Gasteiger partial charge in [-0.15, -0.1) is 10.2 Å². The minimum Gasteiger partial charge on any atom is -0.447 e. The first-order valence-corrected chi connectivity index (χ1v) is 12.4. The number of anilines is 1. The molecule has 2 aromatic carbocycles. The van der Waals surface area contributed by atoms with E-state index in [1.807, 2.05) is 30.5 Å². The van der Waals surface area contributed by atoms with Gasteiger partial charge in [-0.25, -0.2) is 0 Å². The highest BCUT2D eigenvalue weighted by Crippen LogP contribution is 2.45. The highest BCUT2D eigenvalue weighted by atomic mass is 79.9. The summed E-state index contributed by atoms with van der Waals surface area (Å²) in [6, 6.07) is 12.5. The molecule has 2 heterocycles. The van der Waals surface area contributed by atoms with Crippen LogP contribution in [0.25, 0.3) is 11.3 Å². The van der Waals surface area contributed by atoms with E-state index in [0.29, 0.717) is 37.9 Å². The van der Waals surface area contributed by atoms with Crippen LogP contribution in [-0.2, 0) is 9.59 Å². The molecule has 3 aromatic rings. The van der Waals surface area contributed by atoms with Gasteiger partial charge in [0.1, 0.15) is 5.75 Å². The van der Waals surface area contributed by atoms with Crippen molar-refractivity contribution in [3.8, 4) is 22.9 Å². The Morgan fingerprint density at radius 2 is 1.94 bits per heavy atom. The van der Waals surface area contributed by atoms with Gasteiger partial charge in [0, 0.05) is 28.4 Å². The second-order valence-electron chi connectivity index (χ2n) is 7.07. The van der Waals surface area contributed by atoms with E-state index in [0.717, 1.165) is 0 Å². The SMILES string of the molecule is CCC(=O)Oc1ccc(Br)c([C@@H]2Oc3nc(SC)nnc3-c3ccccc3N2C(=O)CC)c1. The Morgan fingerprint density at radius 3 is 2.67 bits per heavy atom. The number of carbonyl (C=O) groups is 2. The van der Waals surface area contributed by atoms with Crippen molar-refractivity contribution in [1.29, 1.82) is 0 Å². The molecular weight excluding hydrogens is 508 g/mol. The van der Waals surface area contributed by atoms with Gasteiger partial charge < -0.3 is 9.47 Å². The molecule has 0 fully saturated rings. The van der Waals surface area contributed by atoms with E-state index in [1.54, 1.807) is 36.9 Å². The van der Waals surface area contributed by atoms with Crippen molar-refractivity contribution in [2.24, 2.45) is 0 Å². The van der Waals surface area contributed by atoms with E-state index < -0.39 is 6.23 Å². The maximum atomic E-state index is 13.2. The molecule has 33 heavy (non-hydrogen) atoms. The lowest BCUT2D eigenvalue weighted by Crippen LogP contribution is -2.37. The Hall–Kier alpha value is -2.98. The molecule has 0 unspecified atom stereocenters. The Labute approximate surface area is 203 Å². The number of hydrogen-bond acceptors (Lipinski definition) is 8. The third kappa shape index (κ3) is 4.58. The van der Waals surface area contributed by atoms with E-state index >= 15 is 0 Å². The molecule has 0 N–H and O–H groups in total. The van der Waals surface area contributed by atoms with Gasteiger partial charge in [0.2, 0.25) is 23.2 Å². The molecule has 1 aliphatic rings. The molecule has 1 aliphatic heterocycles. The van der Waals surface area contributed by atoms with Crippen LogP contribution in [0.2, 0.25) is 0 Å². The van der Waals surface area contributed by atoms with E-state index in [1.165, 1.54) is 11.8 Å². The van der Waals surface area contributed by atoms with Crippen molar-refractivity contribution in [2.45, 2.75) is 38.1 Å². The van der Waals surface area contributed by atoms with Crippen molar-refractivity contribution in [3.63, 3.8) is 0 Å². The van der Waals surface area contributed by atoms with Crippen molar-refractivity contribution in [3.05, 3.63) is 52.5 Å². The van der Waals surface area contributed by atoms with Crippen LogP contribution in [0.3, 0.4) is 0 Å². The van der Waals surface area contributed by atoms with Gasteiger partial charge in [0.15, 0.2) is 5.69 Å². The number of thioether (sulfide) groups is 1. The summed E-state index contributed by atoms with van der Waals surface area (Å²) in [6.45, 7) is 3.51. The standard InChI is InChI=1S/C23H21BrN4O4S/c1-4-18(29)28-17-9-7-6-8-14(17)20-21(25-23(33-3)27-26-20)32-22(28)15-12-13(10-11-16(15)24)31-19(30)5-2/h6-12,22H,4-5H2,1-3H3/t22-/m0/s1. The minimum absolute atomic E-state index is 0.152. The molecule has 0 bridgehead atoms. The van der Waals surface area contributed by atoms with Gasteiger partial charge in [-0.3, -0.25) is 14.5 Å². The van der Waals surface area contributed by atoms with Gasteiger partial charge in [-0.2, -0.15) is 4.98 Å². The number of hydrogen-bond donors (Lipinski definition) is 0. The Kier molecular flexibility index (Phi) is 6.94. The van der Waals surface area contributed by atoms with Gasteiger partial charge in [-0.05, 0) is 30.5 Å². The molecule has 1 amide bonds. The number of benzene rings is 2. The molecule has 4 rings (SSSR count). The maximum absolute atomic E-state index is 13.2. The molecule has 170 valence electrons. The van der Waals surface area contributed by atoms with Crippen molar-refractivity contribution in [1.82, 2.24) is 15.2 Å². The molecule has 8 nitrogen and oxygen atoms in total. The molecule has 0 spiro atoms. The fourth-order valence-corrected chi connectivity index (χ4v) is 4.16. The number of halogens is 1. The number of nitrogens with zero attached hydrogens (tertiary/aromatic N) is 4. The van der Waals surface area contributed by atoms with Crippen LogP contribution >= 0.6 is 27.7 Å². The summed E-state index contributed by atoms with van der Waals surface area (Å²) < 4.78 is 12.5. The summed E-state index contributed by atoms with van der Waals surface area (Å²) in [7, 11) is 0. The molecular formula is C23H21BrN4O4S. The predicted molar refractivity (Wildman–Crippen MR) is 128 cm³/mol. The quantitative estimate of drug-likeness (QED) is 0.254. The molecule has 10 heteroatoms. The summed E-state index contributed by atoms with van der Waals surface area (Å²) in [4.78, 5) is 31.2. The molecule has 0 saturated heterocycles. The third-order valence-corrected chi connectivity index (χ3v) is 6.28. The average Bonchev–Trinajstić information content (AvgIpc) is 2.98. The molecule has 0 saturated carbocycles. The normalized spacial score (nSPS) is 14.5. The average molecular weight is 529 g/mol. The summed E-state index contributed by atoms with van der Waals surface area (Å²) in [6.07, 6.45) is 1.45. The van der Waals surface area contributed by atoms with Crippen molar-refractivity contribution in [2.75, 3.05) is 11.2 Å². The zero-order valence-corrected chi connectivity index (χ0v) is 20.6. The lowest BCUT2D eigenvalue weighted by molar-refractivity contribution is -0.134. The summed E-state index contributed by atoms with van der Waals surface area (Å²) in [5.74, 6) is 0.113. The van der Waals surface area contributed by atoms with Gasteiger partial charge in [-0.1, -0.05) is 59.7 Å². The minimum atomic E-state index is -0.888. The number of carbonyl (C=O) groups excluding carboxylic acids is 2. The number of ether oxygens (including phenoxy) is 2. The van der Waals surface area contributed by atoms with Crippen LogP contribution in [0.15, 0.2) is 52.1 Å². The van der Waals surface area contributed by atoms with Crippen molar-refractivity contribution >= 4 is 45.3 Å². The van der Waals surface area contributed by atoms with Crippen LogP contribution in [0.4, 0.5) is 5.69 Å². The first-order chi connectivity index (χ1) is 16.0. The highest BCUT2D eigenvalue weighted by molar-refractivity contribution is 9.10. The maximum Gasteiger partial charge on any atom is 0.310 e. The number of rotatable bonds is 5. The highest BCUT2D eigenvalue weighted by Gasteiger charge is 2.36. The molecule has 0 aliphatic carbocycles. The predicted octanol–water partition coefficient (Wildman–Crippen LogP) is 5.17. The van der Waals surface area contributed by atoms with E-state index in [2.05, 4.69) is 31.1 Å². The smallest absolute Gasteiger partial charge is 0.310 e. The summed E-state index contributed by atoms with van der Waals surface area (Å²) >= 11 is 4.91. The number of fused-ring (bicyclic) bond motifs is 3. The molecule has 0 radical (unpaired) electrons. The Morgan fingerprint density at radius 1 is 1.15 bits per heavy atom. The second-order valence-corrected chi connectivity index (χ2v) is 8.70. The van der Waals surface area contributed by atoms with Crippen LogP contribution in [0.5, 0.6) is 11.6 Å². The Bertz CT molecular complexity index is 1220. The Balaban J connectivity index is 1.94. The fourth-order valence-electron chi connectivity index (χ4n) is 3.42. The first kappa shape index (κ1) is 23.2. The first-order valence-electron chi connectivity index (χ1n) is 10.3. The van der Waals surface area contributed by atoms with Crippen LogP contribution in [0.1, 0.15) is 38.5 Å². The summed E-state index contributed by atoms with van der Waals surface area (Å²) in [5, 5.41) is 8.97. The number of para-hydroxylation sites is 1. The van der Waals surface area contributed by atoms with Crippen molar-refractivity contribution < 1.29 is 19.1 Å². The number of amides is 1. The van der Waals surface area contributed by atoms with Gasteiger partial charge in [0.25, 0.3) is 0 Å². The zero-order chi connectivity index (χ0) is 23.5. The van der Waals surface area contributed by atoms with E-state index in [4.69, 9.17) is 9.47 Å². The van der Waals surface area contributed by atoms with Gasteiger partial charge in [0.05, 0.1) is 5.69 Å². The second kappa shape index (κ2) is 9.88. The van der Waals surface area contributed by atoms with Crippen LogP contribution in [-0.4, -0.2) is 33.3 Å². The van der Waals surface area contributed by atoms with Gasteiger partial charge >= 0.3 is 5.97 Å². The number of aromatic nitrogens is 3. The lowest BCUT2D eigenvalue weighted by atomic mass is 10.1. The largest absolute Gasteiger partial charge is 0.447 e. The van der Waals surface area contributed by atoms with Crippen LogP contribution in [0, 0.1) is 0 Å². The van der Waals surface area contributed by atoms with E-state index in [-0.39, 0.29) is 30.6 Å². The fraction of sp³-hybridized carbons (Fsp3) is 0.261. The monoisotopic (exact) mass is 528 g/mol. The summed E-state index contributed by atoms with van der Waals surface area (Å²) in [5.41, 5.74) is 2.37. The number of esters is 1. The van der Waals surface area contributed by atoms with Crippen LogP contribution < -0.4 is 14.4 Å². The zero-order valence-electron chi connectivity index (χ0n) is 18.2. The topological polar surface area (TPSA) is 94.5 Å². The third-order valence-electron chi connectivity index (χ3n) is 5.02. The lowest BCUT2D eigenvalue weighted by Gasteiger charge is -2.31. The molecule has 1 atom stereocenters. The van der Waals surface area contributed by atoms with E-state index in [9.17, 15) is 9.59 Å². The molecule has 1 aromatic heterocycles.